The Balaban J connectivity index is 1.87. The molecule has 1 atom stereocenters. The molecule has 0 spiro atoms. The van der Waals surface area contributed by atoms with Crippen LogP contribution in [0.15, 0.2) is 48.7 Å². The molecule has 19 heavy (non-hydrogen) atoms. The fourth-order valence-electron chi connectivity index (χ4n) is 1.86. The molecule has 0 aliphatic rings. The van der Waals surface area contributed by atoms with E-state index in [4.69, 9.17) is 16.3 Å². The summed E-state index contributed by atoms with van der Waals surface area (Å²) in [6.45, 7) is 1.39. The molecule has 100 valence electrons. The summed E-state index contributed by atoms with van der Waals surface area (Å²) < 4.78 is 5.20. The number of hydrogen-bond donors (Lipinski definition) is 1. The second-order valence-electron chi connectivity index (χ2n) is 4.18. The highest BCUT2D eigenvalue weighted by atomic mass is 35.5. The molecule has 3 nitrogen and oxygen atoms in total. The van der Waals surface area contributed by atoms with Crippen molar-refractivity contribution in [2.24, 2.45) is 0 Å². The van der Waals surface area contributed by atoms with Crippen molar-refractivity contribution in [3.63, 3.8) is 0 Å². The van der Waals surface area contributed by atoms with Crippen molar-refractivity contribution in [3.05, 3.63) is 59.8 Å². The standard InChI is InChI=1S/C15H17ClN2O/c1-19-15-13(8-5-9-18-15)10-17-11-14(16)12-6-3-2-4-7-12/h2-9,14,17H,10-11H2,1H3. The van der Waals surface area contributed by atoms with Crippen molar-refractivity contribution in [2.75, 3.05) is 13.7 Å². The van der Waals surface area contributed by atoms with Gasteiger partial charge in [-0.1, -0.05) is 36.4 Å². The molecular formula is C15H17ClN2O. The number of benzene rings is 1. The van der Waals surface area contributed by atoms with Gasteiger partial charge >= 0.3 is 0 Å². The van der Waals surface area contributed by atoms with Gasteiger partial charge in [0, 0.05) is 24.8 Å². The molecule has 1 unspecified atom stereocenters. The summed E-state index contributed by atoms with van der Waals surface area (Å²) >= 11 is 6.34. The van der Waals surface area contributed by atoms with E-state index in [2.05, 4.69) is 10.3 Å². The van der Waals surface area contributed by atoms with Gasteiger partial charge in [0.2, 0.25) is 5.88 Å². The molecular weight excluding hydrogens is 260 g/mol. The van der Waals surface area contributed by atoms with Gasteiger partial charge in [0.25, 0.3) is 0 Å². The Bertz CT molecular complexity index is 505. The van der Waals surface area contributed by atoms with E-state index in [1.165, 1.54) is 0 Å². The van der Waals surface area contributed by atoms with Crippen LogP contribution in [0.5, 0.6) is 5.88 Å². The predicted octanol–water partition coefficient (Wildman–Crippen LogP) is 3.16. The second-order valence-corrected chi connectivity index (χ2v) is 4.71. The van der Waals surface area contributed by atoms with Gasteiger partial charge in [0.15, 0.2) is 0 Å². The highest BCUT2D eigenvalue weighted by molar-refractivity contribution is 6.21. The zero-order chi connectivity index (χ0) is 13.5. The third-order valence-electron chi connectivity index (χ3n) is 2.84. The molecule has 1 heterocycles. The molecule has 1 N–H and O–H groups in total. The van der Waals surface area contributed by atoms with E-state index in [0.717, 1.165) is 11.1 Å². The number of ether oxygens (including phenoxy) is 1. The van der Waals surface area contributed by atoms with Gasteiger partial charge in [-0.2, -0.15) is 0 Å². The van der Waals surface area contributed by atoms with Crippen LogP contribution in [-0.4, -0.2) is 18.6 Å². The van der Waals surface area contributed by atoms with Crippen LogP contribution in [0.1, 0.15) is 16.5 Å². The number of rotatable bonds is 6. The van der Waals surface area contributed by atoms with Gasteiger partial charge in [-0.25, -0.2) is 4.98 Å². The van der Waals surface area contributed by atoms with Crippen LogP contribution in [-0.2, 0) is 6.54 Å². The highest BCUT2D eigenvalue weighted by Crippen LogP contribution is 2.19. The van der Waals surface area contributed by atoms with Crippen molar-refractivity contribution in [1.82, 2.24) is 10.3 Å². The number of nitrogens with zero attached hydrogens (tertiary/aromatic N) is 1. The van der Waals surface area contributed by atoms with Crippen LogP contribution in [0.25, 0.3) is 0 Å². The molecule has 0 saturated carbocycles. The maximum Gasteiger partial charge on any atom is 0.217 e. The van der Waals surface area contributed by atoms with Crippen LogP contribution in [0.3, 0.4) is 0 Å². The Morgan fingerprint density at radius 3 is 2.74 bits per heavy atom. The summed E-state index contributed by atoms with van der Waals surface area (Å²) in [5, 5.41) is 3.28. The van der Waals surface area contributed by atoms with Gasteiger partial charge in [-0.15, -0.1) is 11.6 Å². The number of hydrogen-bond acceptors (Lipinski definition) is 3. The Kier molecular flexibility index (Phi) is 5.19. The van der Waals surface area contributed by atoms with Crippen LogP contribution in [0, 0.1) is 0 Å². The van der Waals surface area contributed by atoms with E-state index in [1.54, 1.807) is 13.3 Å². The lowest BCUT2D eigenvalue weighted by molar-refractivity contribution is 0.390. The third-order valence-corrected chi connectivity index (χ3v) is 3.25. The zero-order valence-electron chi connectivity index (χ0n) is 10.8. The Labute approximate surface area is 118 Å². The topological polar surface area (TPSA) is 34.1 Å². The minimum atomic E-state index is -0.0381. The molecule has 1 aromatic carbocycles. The minimum Gasteiger partial charge on any atom is -0.481 e. The smallest absolute Gasteiger partial charge is 0.217 e. The van der Waals surface area contributed by atoms with Gasteiger partial charge in [-0.3, -0.25) is 0 Å². The molecule has 4 heteroatoms. The highest BCUT2D eigenvalue weighted by Gasteiger charge is 2.08. The lowest BCUT2D eigenvalue weighted by Gasteiger charge is -2.12. The Morgan fingerprint density at radius 2 is 2.00 bits per heavy atom. The fourth-order valence-corrected chi connectivity index (χ4v) is 2.11. The first-order valence-corrected chi connectivity index (χ1v) is 6.62. The summed E-state index contributed by atoms with van der Waals surface area (Å²) in [5.74, 6) is 0.654. The van der Waals surface area contributed by atoms with Gasteiger partial charge in [0.1, 0.15) is 0 Å². The zero-order valence-corrected chi connectivity index (χ0v) is 11.6. The van der Waals surface area contributed by atoms with Crippen LogP contribution in [0.2, 0.25) is 0 Å². The number of pyridine rings is 1. The maximum atomic E-state index is 6.34. The Morgan fingerprint density at radius 1 is 1.21 bits per heavy atom. The summed E-state index contributed by atoms with van der Waals surface area (Å²) in [4.78, 5) is 4.16. The third kappa shape index (κ3) is 3.94. The molecule has 0 fully saturated rings. The van der Waals surface area contributed by atoms with Crippen LogP contribution >= 0.6 is 11.6 Å². The molecule has 0 aliphatic carbocycles. The van der Waals surface area contributed by atoms with Gasteiger partial charge in [-0.05, 0) is 11.6 Å². The molecule has 0 saturated heterocycles. The monoisotopic (exact) mass is 276 g/mol. The molecule has 0 bridgehead atoms. The van der Waals surface area contributed by atoms with E-state index in [0.29, 0.717) is 19.0 Å². The average molecular weight is 277 g/mol. The summed E-state index contributed by atoms with van der Waals surface area (Å²) in [6.07, 6.45) is 1.72. The van der Waals surface area contributed by atoms with Crippen LogP contribution in [0.4, 0.5) is 0 Å². The van der Waals surface area contributed by atoms with Crippen molar-refractivity contribution < 1.29 is 4.74 Å². The number of aromatic nitrogens is 1. The van der Waals surface area contributed by atoms with Crippen molar-refractivity contribution >= 4 is 11.6 Å². The molecule has 0 amide bonds. The number of methoxy groups -OCH3 is 1. The molecule has 2 rings (SSSR count). The summed E-state index contributed by atoms with van der Waals surface area (Å²) in [7, 11) is 1.63. The van der Waals surface area contributed by atoms with Gasteiger partial charge < -0.3 is 10.1 Å². The molecule has 1 aromatic heterocycles. The average Bonchev–Trinajstić information content (AvgIpc) is 2.48. The van der Waals surface area contributed by atoms with E-state index < -0.39 is 0 Å². The van der Waals surface area contributed by atoms with E-state index in [-0.39, 0.29) is 5.38 Å². The largest absolute Gasteiger partial charge is 0.481 e. The quantitative estimate of drug-likeness (QED) is 0.823. The molecule has 2 aromatic rings. The number of halogens is 1. The molecule has 0 aliphatic heterocycles. The van der Waals surface area contributed by atoms with E-state index in [9.17, 15) is 0 Å². The van der Waals surface area contributed by atoms with E-state index in [1.807, 2.05) is 42.5 Å². The van der Waals surface area contributed by atoms with Gasteiger partial charge in [0.05, 0.1) is 12.5 Å². The summed E-state index contributed by atoms with van der Waals surface area (Å²) in [5.41, 5.74) is 2.15. The predicted molar refractivity (Wildman–Crippen MR) is 77.5 cm³/mol. The SMILES string of the molecule is COc1ncccc1CNCC(Cl)c1ccccc1. The van der Waals surface area contributed by atoms with Crippen molar-refractivity contribution in [1.29, 1.82) is 0 Å². The minimum absolute atomic E-state index is 0.0381. The van der Waals surface area contributed by atoms with Crippen LogP contribution < -0.4 is 10.1 Å². The second kappa shape index (κ2) is 7.12. The normalized spacial score (nSPS) is 12.1. The first kappa shape index (κ1) is 13.8. The molecule has 0 radical (unpaired) electrons. The van der Waals surface area contributed by atoms with Crippen molar-refractivity contribution in [3.8, 4) is 5.88 Å². The lowest BCUT2D eigenvalue weighted by Crippen LogP contribution is -2.19. The maximum absolute atomic E-state index is 6.34. The Hall–Kier alpha value is -1.58. The fraction of sp³-hybridized carbons (Fsp3) is 0.267. The number of alkyl halides is 1. The number of nitrogens with one attached hydrogen (secondary N) is 1. The van der Waals surface area contributed by atoms with E-state index >= 15 is 0 Å². The lowest BCUT2D eigenvalue weighted by atomic mass is 10.1. The first-order chi connectivity index (χ1) is 9.31. The first-order valence-electron chi connectivity index (χ1n) is 6.19. The van der Waals surface area contributed by atoms with Crippen molar-refractivity contribution in [2.45, 2.75) is 11.9 Å². The summed E-state index contributed by atoms with van der Waals surface area (Å²) in [6, 6.07) is 13.9.